The average molecular weight is 402 g/mol. The first-order valence-corrected chi connectivity index (χ1v) is 10.6. The summed E-state index contributed by atoms with van der Waals surface area (Å²) in [5.41, 5.74) is 1.16. The largest absolute Gasteiger partial charge is 0.495 e. The molecule has 0 saturated carbocycles. The van der Waals surface area contributed by atoms with E-state index in [2.05, 4.69) is 68.7 Å². The third kappa shape index (κ3) is 4.77. The topological polar surface area (TPSA) is 43.3 Å². The number of ether oxygens (including phenoxy) is 1. The molecule has 0 bridgehead atoms. The van der Waals surface area contributed by atoms with Gasteiger partial charge in [0.1, 0.15) is 5.75 Å². The summed E-state index contributed by atoms with van der Waals surface area (Å²) in [6, 6.07) is 12.9. The number of nitrogens with one attached hydrogen (secondary N) is 1. The molecule has 0 amide bonds. The zero-order chi connectivity index (χ0) is 19.9. The number of likely N-dealkylation sites (N-methyl/N-ethyl adjacent to an activating group) is 1. The summed E-state index contributed by atoms with van der Waals surface area (Å²) in [4.78, 5) is 12.9. The molecule has 28 heavy (non-hydrogen) atoms. The molecule has 2 heterocycles. The molecule has 1 atom stereocenters. The number of rotatable bonds is 6. The smallest absolute Gasteiger partial charge is 0.193 e. The molecule has 0 spiro atoms. The maximum atomic E-state index is 5.52. The van der Waals surface area contributed by atoms with Gasteiger partial charge >= 0.3 is 0 Å². The highest BCUT2D eigenvalue weighted by molar-refractivity contribution is 7.10. The second-order valence-corrected chi connectivity index (χ2v) is 8.05. The molecular weight excluding hydrogens is 370 g/mol. The Morgan fingerprint density at radius 1 is 1.18 bits per heavy atom. The van der Waals surface area contributed by atoms with E-state index in [1.165, 1.54) is 4.88 Å². The van der Waals surface area contributed by atoms with Crippen LogP contribution in [0.1, 0.15) is 10.9 Å². The van der Waals surface area contributed by atoms with Crippen molar-refractivity contribution >= 4 is 23.0 Å². The van der Waals surface area contributed by atoms with Gasteiger partial charge in [-0.25, -0.2) is 0 Å². The maximum absolute atomic E-state index is 5.52. The van der Waals surface area contributed by atoms with Crippen molar-refractivity contribution in [2.45, 2.75) is 6.04 Å². The fourth-order valence-corrected chi connectivity index (χ4v) is 4.51. The lowest BCUT2D eigenvalue weighted by atomic mass is 10.2. The highest BCUT2D eigenvalue weighted by Crippen LogP contribution is 2.28. The van der Waals surface area contributed by atoms with Gasteiger partial charge in [0.25, 0.3) is 0 Å². The third-order valence-corrected chi connectivity index (χ3v) is 6.14. The first kappa shape index (κ1) is 20.5. The van der Waals surface area contributed by atoms with Crippen LogP contribution < -0.4 is 15.0 Å². The predicted octanol–water partition coefficient (Wildman–Crippen LogP) is 2.76. The number of benzene rings is 1. The van der Waals surface area contributed by atoms with Gasteiger partial charge in [0, 0.05) is 44.6 Å². The molecule has 1 aliphatic rings. The maximum Gasteiger partial charge on any atom is 0.193 e. The van der Waals surface area contributed by atoms with Gasteiger partial charge in [-0.1, -0.05) is 18.2 Å². The molecule has 6 nitrogen and oxygen atoms in total. The molecule has 1 N–H and O–H groups in total. The highest BCUT2D eigenvalue weighted by atomic mass is 32.1. The normalized spacial score (nSPS) is 16.4. The molecular formula is C21H31N5OS. The number of hydrogen-bond acceptors (Lipinski definition) is 5. The number of anilines is 1. The van der Waals surface area contributed by atoms with E-state index < -0.39 is 0 Å². The number of guanidine groups is 1. The number of nitrogens with zero attached hydrogens (tertiary/aromatic N) is 4. The predicted molar refractivity (Wildman–Crippen MR) is 119 cm³/mol. The second-order valence-electron chi connectivity index (χ2n) is 7.07. The van der Waals surface area contributed by atoms with Gasteiger partial charge in [0.15, 0.2) is 5.96 Å². The van der Waals surface area contributed by atoms with E-state index in [1.54, 1.807) is 18.4 Å². The number of piperazine rings is 1. The van der Waals surface area contributed by atoms with Crippen LogP contribution in [0.4, 0.5) is 5.69 Å². The Morgan fingerprint density at radius 3 is 2.54 bits per heavy atom. The van der Waals surface area contributed by atoms with E-state index in [1.807, 2.05) is 19.2 Å². The van der Waals surface area contributed by atoms with E-state index in [4.69, 9.17) is 4.74 Å². The van der Waals surface area contributed by atoms with Gasteiger partial charge in [0.05, 0.1) is 18.8 Å². The van der Waals surface area contributed by atoms with E-state index >= 15 is 0 Å². The monoisotopic (exact) mass is 401 g/mol. The van der Waals surface area contributed by atoms with E-state index in [0.717, 1.165) is 50.1 Å². The summed E-state index contributed by atoms with van der Waals surface area (Å²) in [5, 5.41) is 5.72. The molecule has 2 aromatic rings. The lowest BCUT2D eigenvalue weighted by Gasteiger charge is -2.38. The first-order valence-electron chi connectivity index (χ1n) is 9.67. The Balaban J connectivity index is 1.58. The van der Waals surface area contributed by atoms with Crippen LogP contribution in [-0.4, -0.2) is 76.7 Å². The Kier molecular flexibility index (Phi) is 7.17. The number of thiophene rings is 1. The molecule has 1 fully saturated rings. The van der Waals surface area contributed by atoms with Crippen molar-refractivity contribution < 1.29 is 4.74 Å². The Hall–Kier alpha value is -2.25. The molecule has 1 unspecified atom stereocenters. The van der Waals surface area contributed by atoms with Crippen molar-refractivity contribution in [3.05, 3.63) is 46.7 Å². The third-order valence-electron chi connectivity index (χ3n) is 5.17. The van der Waals surface area contributed by atoms with Gasteiger partial charge in [-0.3, -0.25) is 4.99 Å². The molecule has 0 radical (unpaired) electrons. The van der Waals surface area contributed by atoms with Crippen LogP contribution in [-0.2, 0) is 0 Å². The van der Waals surface area contributed by atoms with Crippen LogP contribution in [0.15, 0.2) is 46.8 Å². The number of para-hydroxylation sites is 2. The quantitative estimate of drug-likeness (QED) is 0.596. The summed E-state index contributed by atoms with van der Waals surface area (Å²) < 4.78 is 5.52. The number of hydrogen-bond donors (Lipinski definition) is 1. The number of methoxy groups -OCH3 is 1. The van der Waals surface area contributed by atoms with E-state index in [-0.39, 0.29) is 0 Å². The Bertz CT molecular complexity index is 754. The average Bonchev–Trinajstić information content (AvgIpc) is 3.25. The molecule has 3 rings (SSSR count). The van der Waals surface area contributed by atoms with Crippen LogP contribution in [0.3, 0.4) is 0 Å². The van der Waals surface area contributed by atoms with E-state index in [9.17, 15) is 0 Å². The van der Waals surface area contributed by atoms with Gasteiger partial charge in [-0.15, -0.1) is 11.3 Å². The Labute approximate surface area is 172 Å². The zero-order valence-electron chi connectivity index (χ0n) is 17.3. The van der Waals surface area contributed by atoms with Crippen molar-refractivity contribution in [3.8, 4) is 5.75 Å². The van der Waals surface area contributed by atoms with Crippen molar-refractivity contribution in [2.75, 3.05) is 65.9 Å². The van der Waals surface area contributed by atoms with Crippen LogP contribution in [0.2, 0.25) is 0 Å². The minimum Gasteiger partial charge on any atom is -0.495 e. The fourth-order valence-electron chi connectivity index (χ4n) is 3.59. The SMILES string of the molecule is CN=C(NCC(c1cccs1)N(C)C)N1CCN(c2ccccc2OC)CC1. The highest BCUT2D eigenvalue weighted by Gasteiger charge is 2.23. The molecule has 1 aliphatic heterocycles. The van der Waals surface area contributed by atoms with Crippen LogP contribution in [0.25, 0.3) is 0 Å². The molecule has 152 valence electrons. The minimum atomic E-state index is 0.339. The second kappa shape index (κ2) is 9.80. The summed E-state index contributed by atoms with van der Waals surface area (Å²) in [6.45, 7) is 4.60. The standard InChI is InChI=1S/C21H31N5OS/c1-22-21(23-16-18(24(2)3)20-10-7-15-28-20)26-13-11-25(12-14-26)17-8-5-6-9-19(17)27-4/h5-10,15,18H,11-14,16H2,1-4H3,(H,22,23). The lowest BCUT2D eigenvalue weighted by Crippen LogP contribution is -2.53. The van der Waals surface area contributed by atoms with Crippen molar-refractivity contribution in [1.29, 1.82) is 0 Å². The summed E-state index contributed by atoms with van der Waals surface area (Å²) in [6.07, 6.45) is 0. The lowest BCUT2D eigenvalue weighted by molar-refractivity contribution is 0.296. The molecule has 0 aliphatic carbocycles. The molecule has 1 saturated heterocycles. The van der Waals surface area contributed by atoms with Crippen molar-refractivity contribution in [2.24, 2.45) is 4.99 Å². The zero-order valence-corrected chi connectivity index (χ0v) is 18.1. The van der Waals surface area contributed by atoms with Crippen LogP contribution >= 0.6 is 11.3 Å². The molecule has 7 heteroatoms. The van der Waals surface area contributed by atoms with Crippen molar-refractivity contribution in [3.63, 3.8) is 0 Å². The van der Waals surface area contributed by atoms with Gasteiger partial charge < -0.3 is 24.8 Å². The summed E-state index contributed by atoms with van der Waals surface area (Å²) in [7, 11) is 7.85. The minimum absolute atomic E-state index is 0.339. The summed E-state index contributed by atoms with van der Waals surface area (Å²) >= 11 is 1.80. The number of aliphatic imine (C=N–C) groups is 1. The first-order chi connectivity index (χ1) is 13.6. The van der Waals surface area contributed by atoms with Crippen LogP contribution in [0, 0.1) is 0 Å². The van der Waals surface area contributed by atoms with Crippen molar-refractivity contribution in [1.82, 2.24) is 15.1 Å². The molecule has 1 aromatic carbocycles. The summed E-state index contributed by atoms with van der Waals surface area (Å²) in [5.74, 6) is 1.91. The van der Waals surface area contributed by atoms with Gasteiger partial charge in [0.2, 0.25) is 0 Å². The van der Waals surface area contributed by atoms with Crippen LogP contribution in [0.5, 0.6) is 5.75 Å². The Morgan fingerprint density at radius 2 is 1.93 bits per heavy atom. The van der Waals surface area contributed by atoms with Gasteiger partial charge in [-0.2, -0.15) is 0 Å². The fraction of sp³-hybridized carbons (Fsp3) is 0.476. The van der Waals surface area contributed by atoms with Gasteiger partial charge in [-0.05, 0) is 37.7 Å². The molecule has 1 aromatic heterocycles. The van der Waals surface area contributed by atoms with E-state index in [0.29, 0.717) is 6.04 Å².